The summed E-state index contributed by atoms with van der Waals surface area (Å²) in [4.78, 5) is 12.8. The van der Waals surface area contributed by atoms with Gasteiger partial charge in [0.2, 0.25) is 5.91 Å². The predicted octanol–water partition coefficient (Wildman–Crippen LogP) is 4.24. The van der Waals surface area contributed by atoms with Gasteiger partial charge < -0.3 is 21.1 Å². The number of benzene rings is 2. The molecule has 3 unspecified atom stereocenters. The van der Waals surface area contributed by atoms with Crippen molar-refractivity contribution in [1.82, 2.24) is 5.32 Å². The lowest BCUT2D eigenvalue weighted by Gasteiger charge is -2.30. The summed E-state index contributed by atoms with van der Waals surface area (Å²) in [6.07, 6.45) is 4.24. The molecule has 5 heteroatoms. The highest BCUT2D eigenvalue weighted by Gasteiger charge is 2.25. The molecule has 1 saturated carbocycles. The van der Waals surface area contributed by atoms with Gasteiger partial charge >= 0.3 is 0 Å². The predicted molar refractivity (Wildman–Crippen MR) is 114 cm³/mol. The zero-order valence-corrected chi connectivity index (χ0v) is 17.0. The van der Waals surface area contributed by atoms with Crippen LogP contribution in [0.4, 0.5) is 11.4 Å². The van der Waals surface area contributed by atoms with Crippen molar-refractivity contribution in [3.8, 4) is 5.75 Å². The van der Waals surface area contributed by atoms with Gasteiger partial charge in [-0.05, 0) is 62.1 Å². The molecule has 150 valence electrons. The van der Waals surface area contributed by atoms with Crippen molar-refractivity contribution in [2.45, 2.75) is 57.5 Å². The minimum Gasteiger partial charge on any atom is -0.497 e. The van der Waals surface area contributed by atoms with Crippen molar-refractivity contribution < 1.29 is 9.53 Å². The number of nitrogens with two attached hydrogens (primary N) is 1. The quantitative estimate of drug-likeness (QED) is 0.700. The monoisotopic (exact) mass is 381 g/mol. The van der Waals surface area contributed by atoms with Crippen LogP contribution in [0.25, 0.3) is 0 Å². The van der Waals surface area contributed by atoms with Crippen LogP contribution in [0.2, 0.25) is 0 Å². The van der Waals surface area contributed by atoms with E-state index in [-0.39, 0.29) is 23.9 Å². The molecule has 0 bridgehead atoms. The van der Waals surface area contributed by atoms with Crippen molar-refractivity contribution in [3.63, 3.8) is 0 Å². The third-order valence-corrected chi connectivity index (χ3v) is 5.50. The van der Waals surface area contributed by atoms with Gasteiger partial charge in [-0.3, -0.25) is 4.79 Å². The molecule has 5 nitrogen and oxygen atoms in total. The number of ether oxygens (including phenoxy) is 1. The Hall–Kier alpha value is -2.53. The number of hydrogen-bond donors (Lipinski definition) is 3. The maximum Gasteiger partial charge on any atom is 0.227 e. The molecule has 4 N–H and O–H groups in total. The smallest absolute Gasteiger partial charge is 0.227 e. The van der Waals surface area contributed by atoms with E-state index in [4.69, 9.17) is 10.5 Å². The first-order valence-corrected chi connectivity index (χ1v) is 10.0. The van der Waals surface area contributed by atoms with Crippen molar-refractivity contribution in [2.75, 3.05) is 12.4 Å². The largest absolute Gasteiger partial charge is 0.497 e. The van der Waals surface area contributed by atoms with E-state index >= 15 is 0 Å². The summed E-state index contributed by atoms with van der Waals surface area (Å²) < 4.78 is 5.34. The van der Waals surface area contributed by atoms with Crippen LogP contribution < -0.4 is 21.1 Å². The van der Waals surface area contributed by atoms with Gasteiger partial charge in [-0.15, -0.1) is 0 Å². The Balaban J connectivity index is 1.69. The van der Waals surface area contributed by atoms with Crippen LogP contribution in [-0.4, -0.2) is 25.1 Å². The first kappa shape index (κ1) is 20.2. The number of anilines is 2. The normalized spacial score (nSPS) is 20.3. The Kier molecular flexibility index (Phi) is 6.57. The Morgan fingerprint density at radius 1 is 1.14 bits per heavy atom. The summed E-state index contributed by atoms with van der Waals surface area (Å²) >= 11 is 0. The van der Waals surface area contributed by atoms with Crippen LogP contribution in [0.15, 0.2) is 42.5 Å². The Bertz CT molecular complexity index is 821. The molecule has 0 heterocycles. The molecule has 2 aromatic carbocycles. The van der Waals surface area contributed by atoms with Crippen LogP contribution in [0, 0.1) is 6.92 Å². The van der Waals surface area contributed by atoms with Gasteiger partial charge in [0.05, 0.1) is 13.0 Å². The number of hydrogen-bond acceptors (Lipinski definition) is 4. The molecular formula is C23H31N3O2. The lowest BCUT2D eigenvalue weighted by Crippen LogP contribution is -2.50. The second kappa shape index (κ2) is 9.11. The molecule has 1 aliphatic rings. The molecule has 3 atom stereocenters. The zero-order valence-electron chi connectivity index (χ0n) is 17.0. The van der Waals surface area contributed by atoms with E-state index in [1.165, 1.54) is 0 Å². The third-order valence-electron chi connectivity index (χ3n) is 5.50. The number of amides is 1. The number of rotatable bonds is 6. The number of aryl methyl sites for hydroxylation is 1. The molecule has 1 fully saturated rings. The second-order valence-electron chi connectivity index (χ2n) is 7.77. The summed E-state index contributed by atoms with van der Waals surface area (Å²) in [5, 5.41) is 6.57. The number of methoxy groups -OCH3 is 1. The molecule has 28 heavy (non-hydrogen) atoms. The van der Waals surface area contributed by atoms with E-state index in [1.807, 2.05) is 50.2 Å². The minimum atomic E-state index is -0.233. The van der Waals surface area contributed by atoms with Gasteiger partial charge in [0.1, 0.15) is 5.75 Å². The van der Waals surface area contributed by atoms with Crippen LogP contribution >= 0.6 is 0 Å². The van der Waals surface area contributed by atoms with E-state index in [2.05, 4.69) is 16.7 Å². The van der Waals surface area contributed by atoms with Gasteiger partial charge in [0.25, 0.3) is 0 Å². The van der Waals surface area contributed by atoms with E-state index in [0.29, 0.717) is 0 Å². The highest BCUT2D eigenvalue weighted by atomic mass is 16.5. The van der Waals surface area contributed by atoms with Crippen LogP contribution in [-0.2, 0) is 4.79 Å². The summed E-state index contributed by atoms with van der Waals surface area (Å²) in [6.45, 7) is 3.98. The van der Waals surface area contributed by atoms with Crippen molar-refractivity contribution in [2.24, 2.45) is 5.73 Å². The Morgan fingerprint density at radius 2 is 1.93 bits per heavy atom. The Morgan fingerprint density at radius 3 is 2.68 bits per heavy atom. The topological polar surface area (TPSA) is 76.4 Å². The molecule has 3 rings (SSSR count). The summed E-state index contributed by atoms with van der Waals surface area (Å²) in [6, 6.07) is 14.2. The van der Waals surface area contributed by atoms with Crippen molar-refractivity contribution >= 4 is 17.3 Å². The Labute approximate surface area is 167 Å². The molecule has 0 aromatic heterocycles. The number of carbonyl (C=O) groups is 1. The number of carbonyl (C=O) groups excluding carboxylic acids is 1. The highest BCUT2D eigenvalue weighted by Crippen LogP contribution is 2.26. The molecule has 0 spiro atoms. The van der Waals surface area contributed by atoms with Gasteiger partial charge in [-0.25, -0.2) is 0 Å². The van der Waals surface area contributed by atoms with Crippen LogP contribution in [0.5, 0.6) is 5.75 Å². The first-order chi connectivity index (χ1) is 13.5. The summed E-state index contributed by atoms with van der Waals surface area (Å²) in [5.74, 6) is 0.620. The molecule has 0 saturated heterocycles. The van der Waals surface area contributed by atoms with Gasteiger partial charge in [0, 0.05) is 29.5 Å². The maximum absolute atomic E-state index is 12.8. The van der Waals surface area contributed by atoms with Crippen molar-refractivity contribution in [3.05, 3.63) is 53.6 Å². The van der Waals surface area contributed by atoms with Gasteiger partial charge in [-0.1, -0.05) is 25.0 Å². The minimum absolute atomic E-state index is 0.0386. The molecule has 0 radical (unpaired) electrons. The molecular weight excluding hydrogens is 350 g/mol. The third kappa shape index (κ3) is 5.04. The van der Waals surface area contributed by atoms with Gasteiger partial charge in [-0.2, -0.15) is 0 Å². The highest BCUT2D eigenvalue weighted by molar-refractivity contribution is 5.84. The van der Waals surface area contributed by atoms with Gasteiger partial charge in [0.15, 0.2) is 0 Å². The number of nitrogens with one attached hydrogen (secondary N) is 2. The van der Waals surface area contributed by atoms with E-state index < -0.39 is 0 Å². The first-order valence-electron chi connectivity index (χ1n) is 10.0. The average Bonchev–Trinajstić information content (AvgIpc) is 2.68. The summed E-state index contributed by atoms with van der Waals surface area (Å²) in [7, 11) is 1.66. The molecule has 1 aliphatic carbocycles. The van der Waals surface area contributed by atoms with Crippen LogP contribution in [0.3, 0.4) is 0 Å². The molecule has 1 amide bonds. The van der Waals surface area contributed by atoms with E-state index in [1.54, 1.807) is 7.11 Å². The average molecular weight is 382 g/mol. The lowest BCUT2D eigenvalue weighted by atomic mass is 9.90. The maximum atomic E-state index is 12.8. The molecule has 2 aromatic rings. The van der Waals surface area contributed by atoms with Crippen LogP contribution in [0.1, 0.15) is 49.7 Å². The second-order valence-corrected chi connectivity index (χ2v) is 7.77. The van der Waals surface area contributed by atoms with E-state index in [0.717, 1.165) is 53.9 Å². The van der Waals surface area contributed by atoms with Crippen molar-refractivity contribution in [1.29, 1.82) is 0 Å². The fraction of sp³-hybridized carbons (Fsp3) is 0.435. The fourth-order valence-electron chi connectivity index (χ4n) is 3.79. The summed E-state index contributed by atoms with van der Waals surface area (Å²) in [5.41, 5.74) is 10.2. The standard InChI is InChI=1S/C23H31N3O2/c1-15-11-19(14-20(12-15)28-3)25-18-8-6-7-17(13-18)16(2)23(27)26-22-10-5-4-9-21(22)24/h6-8,11-14,16,21-22,25H,4-5,9-10,24H2,1-3H3,(H,26,27). The SMILES string of the molecule is COc1cc(C)cc(Nc2cccc(C(C)C(=O)NC3CCCCC3N)c2)c1. The van der Waals surface area contributed by atoms with E-state index in [9.17, 15) is 4.79 Å². The lowest BCUT2D eigenvalue weighted by molar-refractivity contribution is -0.123. The zero-order chi connectivity index (χ0) is 20.1. The fourth-order valence-corrected chi connectivity index (χ4v) is 3.79. The molecule has 0 aliphatic heterocycles.